The van der Waals surface area contributed by atoms with Crippen LogP contribution in [0.4, 0.5) is 4.79 Å². The molecule has 0 radical (unpaired) electrons. The largest absolute Gasteiger partial charge is 0.488 e. The quantitative estimate of drug-likeness (QED) is 0.406. The topological polar surface area (TPSA) is 66.9 Å². The zero-order valence-electron chi connectivity index (χ0n) is 20.2. The van der Waals surface area contributed by atoms with Crippen molar-refractivity contribution >= 4 is 45.7 Å². The molecule has 2 saturated heterocycles. The van der Waals surface area contributed by atoms with Crippen molar-refractivity contribution in [2.45, 2.75) is 26.4 Å². The zero-order chi connectivity index (χ0) is 25.1. The van der Waals surface area contributed by atoms with Crippen LogP contribution in [0.25, 0.3) is 16.8 Å². The minimum Gasteiger partial charge on any atom is -0.488 e. The van der Waals surface area contributed by atoms with Crippen LogP contribution in [0.2, 0.25) is 0 Å². The molecule has 5 rings (SSSR count). The predicted octanol–water partition coefficient (Wildman–Crippen LogP) is 5.71. The molecular weight excluding hydrogens is 472 g/mol. The normalized spacial score (nSPS) is 17.9. The molecule has 6 nitrogen and oxygen atoms in total. The molecule has 3 aromatic carbocycles. The van der Waals surface area contributed by atoms with E-state index < -0.39 is 11.1 Å². The number of rotatable bonds is 6. The Morgan fingerprint density at radius 1 is 1.00 bits per heavy atom. The Labute approximate surface area is 214 Å². The Hall–Kier alpha value is -3.58. The van der Waals surface area contributed by atoms with E-state index in [1.54, 1.807) is 11.0 Å². The molecule has 36 heavy (non-hydrogen) atoms. The number of para-hydroxylation sites is 1. The number of carbonyl (C=O) groups is 3. The number of imide groups is 1. The van der Waals surface area contributed by atoms with E-state index in [0.717, 1.165) is 40.5 Å². The second-order valence-corrected chi connectivity index (χ2v) is 10.3. The monoisotopic (exact) mass is 500 g/mol. The fourth-order valence-corrected chi connectivity index (χ4v) is 5.32. The predicted molar refractivity (Wildman–Crippen MR) is 142 cm³/mol. The number of piperidine rings is 1. The van der Waals surface area contributed by atoms with Gasteiger partial charge < -0.3 is 9.64 Å². The Bertz CT molecular complexity index is 1340. The van der Waals surface area contributed by atoms with Gasteiger partial charge in [0.25, 0.3) is 11.1 Å². The van der Waals surface area contributed by atoms with Gasteiger partial charge in [-0.25, -0.2) is 0 Å². The number of amides is 3. The van der Waals surface area contributed by atoms with Gasteiger partial charge in [-0.05, 0) is 65.1 Å². The van der Waals surface area contributed by atoms with Crippen LogP contribution in [0.5, 0.6) is 5.75 Å². The summed E-state index contributed by atoms with van der Waals surface area (Å²) in [5.41, 5.74) is 1.74. The van der Waals surface area contributed by atoms with Gasteiger partial charge in [-0.2, -0.15) is 0 Å². The fourth-order valence-electron chi connectivity index (χ4n) is 4.49. The van der Waals surface area contributed by atoms with E-state index in [-0.39, 0.29) is 12.5 Å². The summed E-state index contributed by atoms with van der Waals surface area (Å²) in [6, 6.07) is 21.8. The van der Waals surface area contributed by atoms with Crippen molar-refractivity contribution in [1.29, 1.82) is 0 Å². The van der Waals surface area contributed by atoms with E-state index in [9.17, 15) is 14.4 Å². The zero-order valence-corrected chi connectivity index (χ0v) is 21.0. The van der Waals surface area contributed by atoms with Gasteiger partial charge in [0.05, 0.1) is 4.91 Å². The summed E-state index contributed by atoms with van der Waals surface area (Å²) in [7, 11) is 0. The van der Waals surface area contributed by atoms with Crippen LogP contribution in [0, 0.1) is 5.92 Å². The lowest BCUT2D eigenvalue weighted by Crippen LogP contribution is -2.45. The third-order valence-electron chi connectivity index (χ3n) is 6.72. The Kier molecular flexibility index (Phi) is 7.09. The first-order chi connectivity index (χ1) is 17.5. The van der Waals surface area contributed by atoms with Crippen molar-refractivity contribution in [1.82, 2.24) is 9.80 Å². The lowest BCUT2D eigenvalue weighted by atomic mass is 9.99. The molecule has 0 aliphatic carbocycles. The van der Waals surface area contributed by atoms with Crippen LogP contribution < -0.4 is 4.74 Å². The van der Waals surface area contributed by atoms with E-state index in [0.29, 0.717) is 41.8 Å². The molecule has 7 heteroatoms. The molecule has 0 spiro atoms. The van der Waals surface area contributed by atoms with Crippen molar-refractivity contribution in [3.8, 4) is 5.75 Å². The fraction of sp³-hybridized carbons (Fsp3) is 0.276. The number of ether oxygens (including phenoxy) is 1. The van der Waals surface area contributed by atoms with E-state index in [1.807, 2.05) is 42.5 Å². The van der Waals surface area contributed by atoms with E-state index >= 15 is 0 Å². The number of hydrogen-bond donors (Lipinski definition) is 0. The molecule has 0 aromatic heterocycles. The van der Waals surface area contributed by atoms with Gasteiger partial charge in [0.15, 0.2) is 0 Å². The highest BCUT2D eigenvalue weighted by Crippen LogP contribution is 2.34. The molecule has 2 fully saturated rings. The van der Waals surface area contributed by atoms with Crippen LogP contribution in [-0.2, 0) is 16.2 Å². The third kappa shape index (κ3) is 5.31. The van der Waals surface area contributed by atoms with Gasteiger partial charge in [-0.15, -0.1) is 0 Å². The van der Waals surface area contributed by atoms with Gasteiger partial charge in [0.2, 0.25) is 5.91 Å². The summed E-state index contributed by atoms with van der Waals surface area (Å²) < 4.78 is 6.10. The van der Waals surface area contributed by atoms with Crippen molar-refractivity contribution in [2.24, 2.45) is 5.92 Å². The number of hydrogen-bond acceptors (Lipinski definition) is 5. The minimum absolute atomic E-state index is 0.176. The van der Waals surface area contributed by atoms with Gasteiger partial charge in [-0.1, -0.05) is 61.5 Å². The molecule has 0 N–H and O–H groups in total. The van der Waals surface area contributed by atoms with Gasteiger partial charge in [-0.3, -0.25) is 19.3 Å². The summed E-state index contributed by atoms with van der Waals surface area (Å²) >= 11 is 0.862. The van der Waals surface area contributed by atoms with Crippen LogP contribution in [0.15, 0.2) is 71.6 Å². The lowest BCUT2D eigenvalue weighted by molar-refractivity contribution is -0.136. The second kappa shape index (κ2) is 10.6. The Morgan fingerprint density at radius 2 is 1.72 bits per heavy atom. The summed E-state index contributed by atoms with van der Waals surface area (Å²) in [6.45, 7) is 3.69. The first-order valence-corrected chi connectivity index (χ1v) is 13.0. The number of carbonyl (C=O) groups excluding carboxylic acids is 3. The van der Waals surface area contributed by atoms with Crippen LogP contribution in [0.3, 0.4) is 0 Å². The molecule has 184 valence electrons. The molecule has 0 saturated carbocycles. The average Bonchev–Trinajstić information content (AvgIpc) is 3.15. The van der Waals surface area contributed by atoms with Gasteiger partial charge in [0, 0.05) is 18.7 Å². The Balaban J connectivity index is 1.27. The molecule has 0 bridgehead atoms. The minimum atomic E-state index is -0.437. The average molecular weight is 501 g/mol. The first-order valence-electron chi connectivity index (χ1n) is 12.2. The van der Waals surface area contributed by atoms with Crippen molar-refractivity contribution in [2.75, 3.05) is 19.6 Å². The Morgan fingerprint density at radius 3 is 2.53 bits per heavy atom. The van der Waals surface area contributed by atoms with E-state index in [1.165, 1.54) is 5.39 Å². The number of fused-ring (bicyclic) bond motifs is 1. The third-order valence-corrected chi connectivity index (χ3v) is 7.62. The summed E-state index contributed by atoms with van der Waals surface area (Å²) in [5.74, 6) is 0.603. The molecule has 2 aliphatic rings. The number of likely N-dealkylation sites (tertiary alicyclic amines) is 1. The van der Waals surface area contributed by atoms with Crippen molar-refractivity contribution < 1.29 is 19.1 Å². The maximum absolute atomic E-state index is 13.0. The van der Waals surface area contributed by atoms with Crippen molar-refractivity contribution in [3.63, 3.8) is 0 Å². The van der Waals surface area contributed by atoms with E-state index in [2.05, 4.69) is 31.2 Å². The van der Waals surface area contributed by atoms with Crippen LogP contribution >= 0.6 is 11.8 Å². The first kappa shape index (κ1) is 24.1. The van der Waals surface area contributed by atoms with Gasteiger partial charge >= 0.3 is 0 Å². The number of benzene rings is 3. The number of nitrogens with zero attached hydrogens (tertiary/aromatic N) is 2. The molecule has 2 heterocycles. The molecule has 0 atom stereocenters. The van der Waals surface area contributed by atoms with E-state index in [4.69, 9.17) is 4.74 Å². The van der Waals surface area contributed by atoms with Crippen LogP contribution in [0.1, 0.15) is 30.9 Å². The maximum atomic E-state index is 13.0. The number of thioether (sulfide) groups is 1. The molecular formula is C29H28N2O4S. The molecule has 3 amide bonds. The summed E-state index contributed by atoms with van der Waals surface area (Å²) in [5, 5.41) is 1.90. The smallest absolute Gasteiger partial charge is 0.294 e. The lowest BCUT2D eigenvalue weighted by Gasteiger charge is -2.31. The molecule has 0 unspecified atom stereocenters. The summed E-state index contributed by atoms with van der Waals surface area (Å²) in [4.78, 5) is 41.4. The molecule has 2 aliphatic heterocycles. The summed E-state index contributed by atoms with van der Waals surface area (Å²) in [6.07, 6.45) is 3.57. The highest BCUT2D eigenvalue weighted by Gasteiger charge is 2.37. The highest BCUT2D eigenvalue weighted by atomic mass is 32.2. The van der Waals surface area contributed by atoms with Crippen molar-refractivity contribution in [3.05, 3.63) is 82.8 Å². The van der Waals surface area contributed by atoms with Crippen LogP contribution in [-0.4, -0.2) is 46.5 Å². The standard InChI is InChI=1S/C29H28N2O4S/c1-20-12-14-30(15-13-20)27(32)18-31-28(33)26(36-29(31)34)17-24-8-4-5-9-25(24)35-19-21-10-11-22-6-2-3-7-23(22)16-21/h2-11,16-17,20H,12-15,18-19H2,1H3/b26-17-. The SMILES string of the molecule is CC1CCN(C(=O)CN2C(=O)S/C(=C\c3ccccc3OCc3ccc4ccccc4c3)C2=O)CC1. The molecule has 3 aromatic rings. The second-order valence-electron chi connectivity index (χ2n) is 9.34. The maximum Gasteiger partial charge on any atom is 0.294 e. The van der Waals surface area contributed by atoms with Gasteiger partial charge in [0.1, 0.15) is 18.9 Å². The highest BCUT2D eigenvalue weighted by molar-refractivity contribution is 8.18.